The Morgan fingerprint density at radius 1 is 1.80 bits per heavy atom. The molecule has 0 radical (unpaired) electrons. The molecule has 1 aliphatic heterocycles. The molecule has 2 nitrogen and oxygen atoms in total. The number of hydrogen-bond donors (Lipinski definition) is 1. The Balaban J connectivity index is 1.83. The number of halogens is 1. The molecule has 0 aromatic heterocycles. The number of aliphatic hydroxyl groups is 1. The van der Waals surface area contributed by atoms with Crippen molar-refractivity contribution in [1.29, 1.82) is 0 Å². The van der Waals surface area contributed by atoms with Crippen molar-refractivity contribution in [2.45, 2.75) is 12.2 Å². The van der Waals surface area contributed by atoms with Crippen LogP contribution in [0.5, 0.6) is 0 Å². The van der Waals surface area contributed by atoms with Gasteiger partial charge in [-0.25, -0.2) is 0 Å². The number of alkyl halides is 1. The monoisotopic (exact) mass is 182 g/mol. The van der Waals surface area contributed by atoms with Crippen LogP contribution in [-0.4, -0.2) is 41.3 Å². The Hall–Kier alpha value is 0.560. The number of hydrogen-bond acceptors (Lipinski definition) is 3. The molecule has 1 heterocycles. The maximum Gasteiger partial charge on any atom is 0.0900 e. The summed E-state index contributed by atoms with van der Waals surface area (Å²) in [5.41, 5.74) is 0. The smallest absolute Gasteiger partial charge is 0.0900 e. The highest BCUT2D eigenvalue weighted by Gasteiger charge is 2.22. The van der Waals surface area contributed by atoms with Crippen LogP contribution in [0.4, 0.5) is 0 Å². The molecule has 4 heteroatoms. The van der Waals surface area contributed by atoms with Gasteiger partial charge in [-0.15, -0.1) is 11.6 Å². The molecule has 0 aliphatic carbocycles. The second-order valence-electron chi connectivity index (χ2n) is 2.30. The van der Waals surface area contributed by atoms with E-state index in [1.54, 1.807) is 11.8 Å². The topological polar surface area (TPSA) is 32.8 Å². The van der Waals surface area contributed by atoms with Crippen molar-refractivity contribution in [3.05, 3.63) is 0 Å². The molecular formula is C6H11ClO2S. The third kappa shape index (κ3) is 3.66. The summed E-state index contributed by atoms with van der Waals surface area (Å²) in [6.45, 7) is 0.893. The standard InChI is InChI=1S/C6H11ClO2S/c7-1-5(8)3-10-4-6-2-9-6/h5-6,8H,1-4H2. The summed E-state index contributed by atoms with van der Waals surface area (Å²) in [6, 6.07) is 0. The van der Waals surface area contributed by atoms with Gasteiger partial charge in [0.1, 0.15) is 0 Å². The third-order valence-electron chi connectivity index (χ3n) is 1.19. The molecule has 2 atom stereocenters. The Morgan fingerprint density at radius 2 is 2.50 bits per heavy atom. The van der Waals surface area contributed by atoms with Gasteiger partial charge in [0.25, 0.3) is 0 Å². The van der Waals surface area contributed by atoms with Crippen molar-refractivity contribution in [2.75, 3.05) is 24.0 Å². The molecule has 1 rings (SSSR count). The first kappa shape index (κ1) is 8.65. The lowest BCUT2D eigenvalue weighted by Gasteiger charge is -2.03. The predicted octanol–water partition coefficient (Wildman–Crippen LogP) is 0.718. The van der Waals surface area contributed by atoms with Crippen LogP contribution in [0.25, 0.3) is 0 Å². The predicted molar refractivity (Wildman–Crippen MR) is 43.8 cm³/mol. The zero-order valence-corrected chi connectivity index (χ0v) is 7.20. The van der Waals surface area contributed by atoms with E-state index in [-0.39, 0.29) is 6.10 Å². The molecular weight excluding hydrogens is 172 g/mol. The highest BCUT2D eigenvalue weighted by Crippen LogP contribution is 2.16. The molecule has 0 saturated carbocycles. The Morgan fingerprint density at radius 3 is 3.00 bits per heavy atom. The summed E-state index contributed by atoms with van der Waals surface area (Å²) in [6.07, 6.45) is 0.0953. The molecule has 60 valence electrons. The normalized spacial score (nSPS) is 26.4. The largest absolute Gasteiger partial charge is 0.391 e. The van der Waals surface area contributed by atoms with Gasteiger partial charge in [-0.05, 0) is 0 Å². The van der Waals surface area contributed by atoms with E-state index in [1.807, 2.05) is 0 Å². The third-order valence-corrected chi connectivity index (χ3v) is 2.78. The zero-order valence-electron chi connectivity index (χ0n) is 5.62. The summed E-state index contributed by atoms with van der Waals surface area (Å²) in [4.78, 5) is 0. The fourth-order valence-electron chi connectivity index (χ4n) is 0.544. The number of epoxide rings is 1. The van der Waals surface area contributed by atoms with Crippen LogP contribution in [-0.2, 0) is 4.74 Å². The number of thioether (sulfide) groups is 1. The van der Waals surface area contributed by atoms with Gasteiger partial charge in [0.05, 0.1) is 18.8 Å². The summed E-state index contributed by atoms with van der Waals surface area (Å²) in [7, 11) is 0. The van der Waals surface area contributed by atoms with E-state index < -0.39 is 0 Å². The number of ether oxygens (including phenoxy) is 1. The van der Waals surface area contributed by atoms with Crippen LogP contribution in [0, 0.1) is 0 Å². The van der Waals surface area contributed by atoms with Gasteiger partial charge in [0, 0.05) is 17.4 Å². The van der Waals surface area contributed by atoms with Gasteiger partial charge in [0.15, 0.2) is 0 Å². The van der Waals surface area contributed by atoms with Crippen LogP contribution in [0.3, 0.4) is 0 Å². The first-order valence-corrected chi connectivity index (χ1v) is 4.95. The first-order valence-electron chi connectivity index (χ1n) is 3.26. The van der Waals surface area contributed by atoms with E-state index in [2.05, 4.69) is 0 Å². The average molecular weight is 183 g/mol. The minimum absolute atomic E-state index is 0.332. The average Bonchev–Trinajstić information content (AvgIpc) is 2.71. The summed E-state index contributed by atoms with van der Waals surface area (Å²) in [5.74, 6) is 2.05. The molecule has 0 aromatic rings. The van der Waals surface area contributed by atoms with E-state index in [0.717, 1.165) is 18.1 Å². The Bertz CT molecular complexity index is 97.7. The molecule has 1 N–H and O–H groups in total. The molecule has 1 saturated heterocycles. The lowest BCUT2D eigenvalue weighted by Crippen LogP contribution is -2.12. The molecule has 0 aromatic carbocycles. The van der Waals surface area contributed by atoms with Crippen molar-refractivity contribution < 1.29 is 9.84 Å². The van der Waals surface area contributed by atoms with Crippen LogP contribution in [0.2, 0.25) is 0 Å². The van der Waals surface area contributed by atoms with Crippen molar-refractivity contribution >= 4 is 23.4 Å². The van der Waals surface area contributed by atoms with E-state index >= 15 is 0 Å². The van der Waals surface area contributed by atoms with Crippen LogP contribution >= 0.6 is 23.4 Å². The first-order chi connectivity index (χ1) is 4.83. The maximum atomic E-state index is 9.00. The molecule has 0 amide bonds. The van der Waals surface area contributed by atoms with E-state index in [9.17, 15) is 0 Å². The molecule has 0 spiro atoms. The Labute approximate surface area is 69.9 Å². The van der Waals surface area contributed by atoms with Gasteiger partial charge in [-0.1, -0.05) is 0 Å². The molecule has 0 bridgehead atoms. The lowest BCUT2D eigenvalue weighted by molar-refractivity contribution is 0.223. The second-order valence-corrected chi connectivity index (χ2v) is 3.68. The zero-order chi connectivity index (χ0) is 7.40. The maximum absolute atomic E-state index is 9.00. The van der Waals surface area contributed by atoms with Gasteiger partial charge in [0.2, 0.25) is 0 Å². The van der Waals surface area contributed by atoms with Crippen LogP contribution < -0.4 is 0 Å². The van der Waals surface area contributed by atoms with Gasteiger partial charge < -0.3 is 9.84 Å². The molecule has 10 heavy (non-hydrogen) atoms. The quantitative estimate of drug-likeness (QED) is 0.503. The summed E-state index contributed by atoms with van der Waals surface area (Å²) in [5, 5.41) is 9.00. The van der Waals surface area contributed by atoms with E-state index in [0.29, 0.717) is 12.0 Å². The number of rotatable bonds is 5. The van der Waals surface area contributed by atoms with Gasteiger partial charge in [-0.2, -0.15) is 11.8 Å². The molecule has 1 aliphatic rings. The minimum Gasteiger partial charge on any atom is -0.391 e. The number of aliphatic hydroxyl groups excluding tert-OH is 1. The van der Waals surface area contributed by atoms with Gasteiger partial charge >= 0.3 is 0 Å². The van der Waals surface area contributed by atoms with Crippen molar-refractivity contribution in [1.82, 2.24) is 0 Å². The van der Waals surface area contributed by atoms with Crippen molar-refractivity contribution in [3.63, 3.8) is 0 Å². The fraction of sp³-hybridized carbons (Fsp3) is 1.00. The summed E-state index contributed by atoms with van der Waals surface area (Å²) >= 11 is 7.09. The van der Waals surface area contributed by atoms with E-state index in [4.69, 9.17) is 21.4 Å². The Kier molecular flexibility index (Phi) is 3.84. The fourth-order valence-corrected chi connectivity index (χ4v) is 1.76. The molecule has 1 fully saturated rings. The van der Waals surface area contributed by atoms with E-state index in [1.165, 1.54) is 0 Å². The SMILES string of the molecule is OC(CCl)CSCC1CO1. The summed E-state index contributed by atoms with van der Waals surface area (Å²) < 4.78 is 4.99. The van der Waals surface area contributed by atoms with Gasteiger partial charge in [-0.3, -0.25) is 0 Å². The van der Waals surface area contributed by atoms with Crippen molar-refractivity contribution in [2.24, 2.45) is 0 Å². The lowest BCUT2D eigenvalue weighted by atomic mass is 10.5. The highest BCUT2D eigenvalue weighted by atomic mass is 35.5. The van der Waals surface area contributed by atoms with Crippen molar-refractivity contribution in [3.8, 4) is 0 Å². The van der Waals surface area contributed by atoms with Crippen LogP contribution in [0.1, 0.15) is 0 Å². The molecule has 2 unspecified atom stereocenters. The minimum atomic E-state index is -0.356. The van der Waals surface area contributed by atoms with Crippen LogP contribution in [0.15, 0.2) is 0 Å². The highest BCUT2D eigenvalue weighted by molar-refractivity contribution is 7.99. The second kappa shape index (κ2) is 4.44.